The highest BCUT2D eigenvalue weighted by atomic mass is 35.5. The van der Waals surface area contributed by atoms with Crippen LogP contribution in [0.15, 0.2) is 25.3 Å². The molecule has 1 amide bonds. The molecule has 6 heteroatoms. The third-order valence-corrected chi connectivity index (χ3v) is 3.65. The molecule has 0 aliphatic carbocycles. The van der Waals surface area contributed by atoms with Gasteiger partial charge in [0.25, 0.3) is 0 Å². The van der Waals surface area contributed by atoms with Gasteiger partial charge in [-0.1, -0.05) is 32.9 Å². The topological polar surface area (TPSA) is 58.4 Å². The largest absolute Gasteiger partial charge is 0.354 e. The Morgan fingerprint density at radius 1 is 1.14 bits per heavy atom. The van der Waals surface area contributed by atoms with Crippen molar-refractivity contribution >= 4 is 30.7 Å². The number of rotatable bonds is 10. The number of hydrogen-bond donors (Lipinski definition) is 2. The number of carbonyl (C=O) groups excluding carboxylic acids is 1. The third-order valence-electron chi connectivity index (χ3n) is 3.65. The van der Waals surface area contributed by atoms with Crippen molar-refractivity contribution in [2.75, 3.05) is 19.6 Å². The Morgan fingerprint density at radius 2 is 1.59 bits per heavy atom. The van der Waals surface area contributed by atoms with E-state index in [1.54, 1.807) is 0 Å². The van der Waals surface area contributed by atoms with E-state index in [0.717, 1.165) is 13.1 Å². The lowest BCUT2D eigenvalue weighted by atomic mass is 10.0. The molecule has 132 valence electrons. The smallest absolute Gasteiger partial charge is 0.224 e. The van der Waals surface area contributed by atoms with E-state index in [0.29, 0.717) is 12.5 Å². The molecule has 0 aromatic carbocycles. The molecule has 4 nitrogen and oxygen atoms in total. The third kappa shape index (κ3) is 9.46. The normalized spacial score (nSPS) is 14.3. The van der Waals surface area contributed by atoms with E-state index >= 15 is 0 Å². The summed E-state index contributed by atoms with van der Waals surface area (Å²) in [5, 5.41) is 3.01. The van der Waals surface area contributed by atoms with Crippen molar-refractivity contribution in [3.05, 3.63) is 25.3 Å². The van der Waals surface area contributed by atoms with E-state index in [1.165, 1.54) is 0 Å². The fourth-order valence-corrected chi connectivity index (χ4v) is 2.07. The molecule has 0 aliphatic rings. The van der Waals surface area contributed by atoms with Gasteiger partial charge in [0.15, 0.2) is 0 Å². The maximum atomic E-state index is 12.0. The number of nitrogens with two attached hydrogens (primary N) is 1. The minimum Gasteiger partial charge on any atom is -0.354 e. The van der Waals surface area contributed by atoms with Gasteiger partial charge >= 0.3 is 0 Å². The summed E-state index contributed by atoms with van der Waals surface area (Å²) in [5.41, 5.74) is 5.76. The molecule has 0 bridgehead atoms. The number of halogens is 2. The van der Waals surface area contributed by atoms with E-state index in [2.05, 4.69) is 37.2 Å². The Hall–Kier alpha value is -0.550. The second-order valence-corrected chi connectivity index (χ2v) is 5.74. The monoisotopic (exact) mass is 353 g/mol. The molecular weight excluding hydrogens is 321 g/mol. The van der Waals surface area contributed by atoms with Gasteiger partial charge in [-0.25, -0.2) is 0 Å². The minimum absolute atomic E-state index is 0. The lowest BCUT2D eigenvalue weighted by Crippen LogP contribution is -2.49. The predicted molar refractivity (Wildman–Crippen MR) is 101 cm³/mol. The molecular formula is C16H33Cl2N3O. The van der Waals surface area contributed by atoms with Crippen LogP contribution in [0.4, 0.5) is 0 Å². The van der Waals surface area contributed by atoms with Crippen molar-refractivity contribution in [3.8, 4) is 0 Å². The Balaban J connectivity index is -0.00000180. The van der Waals surface area contributed by atoms with Gasteiger partial charge in [-0.15, -0.1) is 38.0 Å². The van der Waals surface area contributed by atoms with E-state index in [1.807, 2.05) is 26.0 Å². The number of carbonyl (C=O) groups is 1. The first-order chi connectivity index (χ1) is 9.34. The van der Waals surface area contributed by atoms with Crippen molar-refractivity contribution in [1.29, 1.82) is 0 Å². The molecule has 3 N–H and O–H groups in total. The van der Waals surface area contributed by atoms with Gasteiger partial charge in [0.1, 0.15) is 0 Å². The van der Waals surface area contributed by atoms with Gasteiger partial charge in [-0.3, -0.25) is 9.69 Å². The van der Waals surface area contributed by atoms with E-state index in [9.17, 15) is 4.79 Å². The molecule has 0 saturated carbocycles. The fourth-order valence-electron chi connectivity index (χ4n) is 2.07. The highest BCUT2D eigenvalue weighted by Crippen LogP contribution is 2.11. The van der Waals surface area contributed by atoms with E-state index in [-0.39, 0.29) is 48.7 Å². The Bertz CT molecular complexity index is 313. The molecule has 0 rings (SSSR count). The van der Waals surface area contributed by atoms with Crippen LogP contribution in [0.25, 0.3) is 0 Å². The number of nitrogens with zero attached hydrogens (tertiary/aromatic N) is 1. The Morgan fingerprint density at radius 3 is 1.91 bits per heavy atom. The average molecular weight is 354 g/mol. The Labute approximate surface area is 148 Å². The van der Waals surface area contributed by atoms with Gasteiger partial charge in [-0.05, 0) is 12.8 Å². The van der Waals surface area contributed by atoms with Crippen molar-refractivity contribution in [2.45, 2.75) is 39.8 Å². The SMILES string of the molecule is C=CCN(CC=C)C(CNC(=O)C(C)C(C)N)C(C)C.Cl.Cl. The first-order valence-corrected chi connectivity index (χ1v) is 7.34. The molecule has 0 radical (unpaired) electrons. The molecule has 0 spiro atoms. The molecule has 3 unspecified atom stereocenters. The Kier molecular flexibility index (Phi) is 16.9. The lowest BCUT2D eigenvalue weighted by Gasteiger charge is -2.33. The number of amides is 1. The van der Waals surface area contributed by atoms with Crippen LogP contribution in [0.5, 0.6) is 0 Å². The van der Waals surface area contributed by atoms with E-state index < -0.39 is 0 Å². The average Bonchev–Trinajstić information content (AvgIpc) is 2.37. The molecule has 0 aromatic heterocycles. The second-order valence-electron chi connectivity index (χ2n) is 5.74. The van der Waals surface area contributed by atoms with Gasteiger partial charge in [0.2, 0.25) is 5.91 Å². The number of hydrogen-bond acceptors (Lipinski definition) is 3. The highest BCUT2D eigenvalue weighted by molar-refractivity contribution is 5.85. The summed E-state index contributed by atoms with van der Waals surface area (Å²) in [5.74, 6) is 0.277. The molecule has 22 heavy (non-hydrogen) atoms. The summed E-state index contributed by atoms with van der Waals surface area (Å²) < 4.78 is 0. The van der Waals surface area contributed by atoms with Gasteiger partial charge in [-0.2, -0.15) is 0 Å². The van der Waals surface area contributed by atoms with Crippen LogP contribution in [-0.4, -0.2) is 42.5 Å². The molecule has 0 saturated heterocycles. The van der Waals surface area contributed by atoms with Crippen LogP contribution in [0.1, 0.15) is 27.7 Å². The fraction of sp³-hybridized carbons (Fsp3) is 0.688. The predicted octanol–water partition coefficient (Wildman–Crippen LogP) is 2.63. The number of nitrogens with one attached hydrogen (secondary N) is 1. The van der Waals surface area contributed by atoms with Crippen LogP contribution < -0.4 is 11.1 Å². The van der Waals surface area contributed by atoms with Crippen molar-refractivity contribution in [1.82, 2.24) is 10.2 Å². The maximum absolute atomic E-state index is 12.0. The second kappa shape index (κ2) is 14.1. The summed E-state index contributed by atoms with van der Waals surface area (Å²) in [4.78, 5) is 14.3. The maximum Gasteiger partial charge on any atom is 0.224 e. The van der Waals surface area contributed by atoms with Crippen molar-refractivity contribution < 1.29 is 4.79 Å². The first-order valence-electron chi connectivity index (χ1n) is 7.34. The standard InChI is InChI=1S/C16H31N3O.2ClH/c1-7-9-19(10-8-2)15(12(3)4)11-18-16(20)13(5)14(6)17;;/h7-8,12-15H,1-2,9-11,17H2,3-6H3,(H,18,20);2*1H. The molecule has 0 aliphatic heterocycles. The first kappa shape index (κ1) is 26.4. The van der Waals surface area contributed by atoms with Crippen LogP contribution >= 0.6 is 24.8 Å². The highest BCUT2D eigenvalue weighted by Gasteiger charge is 2.23. The van der Waals surface area contributed by atoms with Crippen molar-refractivity contribution in [3.63, 3.8) is 0 Å². The van der Waals surface area contributed by atoms with Crippen LogP contribution in [0, 0.1) is 11.8 Å². The summed E-state index contributed by atoms with van der Waals surface area (Å²) >= 11 is 0. The van der Waals surface area contributed by atoms with Gasteiger partial charge < -0.3 is 11.1 Å². The summed E-state index contributed by atoms with van der Waals surface area (Å²) in [6, 6.07) is 0.125. The van der Waals surface area contributed by atoms with Crippen LogP contribution in [0.2, 0.25) is 0 Å². The van der Waals surface area contributed by atoms with Crippen LogP contribution in [0.3, 0.4) is 0 Å². The van der Waals surface area contributed by atoms with Gasteiger partial charge in [0, 0.05) is 37.6 Å². The lowest BCUT2D eigenvalue weighted by molar-refractivity contribution is -0.125. The summed E-state index contributed by atoms with van der Waals surface area (Å²) in [6.07, 6.45) is 3.76. The van der Waals surface area contributed by atoms with Crippen LogP contribution in [-0.2, 0) is 4.79 Å². The molecule has 0 fully saturated rings. The zero-order valence-corrected chi connectivity index (χ0v) is 15.9. The minimum atomic E-state index is -0.171. The van der Waals surface area contributed by atoms with Crippen molar-refractivity contribution in [2.24, 2.45) is 17.6 Å². The quantitative estimate of drug-likeness (QED) is 0.593. The zero-order valence-electron chi connectivity index (χ0n) is 14.2. The van der Waals surface area contributed by atoms with E-state index in [4.69, 9.17) is 5.73 Å². The van der Waals surface area contributed by atoms with Gasteiger partial charge in [0.05, 0.1) is 0 Å². The molecule has 0 aromatic rings. The molecule has 0 heterocycles. The summed E-state index contributed by atoms with van der Waals surface area (Å²) in [7, 11) is 0. The summed E-state index contributed by atoms with van der Waals surface area (Å²) in [6.45, 7) is 17.8. The zero-order chi connectivity index (χ0) is 15.7. The molecule has 3 atom stereocenters.